The molecule has 2 unspecified atom stereocenters. The smallest absolute Gasteiger partial charge is 0.338 e. The largest absolute Gasteiger partial charge is 0.478 e. The molecule has 0 aliphatic carbocycles. The Morgan fingerprint density at radius 1 is 1.29 bits per heavy atom. The lowest BCUT2D eigenvalue weighted by Crippen LogP contribution is -2.42. The van der Waals surface area contributed by atoms with Crippen molar-refractivity contribution in [3.8, 4) is 0 Å². The average molecular weight is 242 g/mol. The van der Waals surface area contributed by atoms with Crippen LogP contribution in [0.15, 0.2) is 11.6 Å². The molecule has 0 saturated carbocycles. The number of hydrogen-bond acceptors (Lipinski definition) is 3. The maximum atomic E-state index is 11.1. The summed E-state index contributed by atoms with van der Waals surface area (Å²) in [6.45, 7) is 4.71. The van der Waals surface area contributed by atoms with E-state index in [0.29, 0.717) is 17.7 Å². The summed E-state index contributed by atoms with van der Waals surface area (Å²) >= 11 is 0. The summed E-state index contributed by atoms with van der Waals surface area (Å²) in [5, 5.41) is 17.8. The molecule has 94 valence electrons. The molecule has 0 aromatic rings. The Labute approximate surface area is 98.7 Å². The Balaban J connectivity index is 2.22. The molecule has 0 radical (unpaired) electrons. The quantitative estimate of drug-likeness (QED) is 0.403. The van der Waals surface area contributed by atoms with Crippen LogP contribution in [0.25, 0.3) is 0 Å². The lowest BCUT2D eigenvalue weighted by Gasteiger charge is -2.26. The molecular weight excluding hydrogens is 226 g/mol. The highest BCUT2D eigenvalue weighted by molar-refractivity contribution is 5.96. The molecule has 6 heteroatoms. The number of hydrogen-bond donors (Lipinski definition) is 2. The highest BCUT2D eigenvalue weighted by Crippen LogP contribution is 2.44. The lowest BCUT2D eigenvalue weighted by molar-refractivity contribution is -0.832. The van der Waals surface area contributed by atoms with Gasteiger partial charge >= 0.3 is 11.9 Å². The fraction of sp³-hybridized carbons (Fsp3) is 0.636. The fourth-order valence-corrected chi connectivity index (χ4v) is 2.93. The number of rotatable bonds is 3. The van der Waals surface area contributed by atoms with Gasteiger partial charge < -0.3 is 19.4 Å². The molecule has 0 bridgehead atoms. The van der Waals surface area contributed by atoms with Gasteiger partial charge in [-0.25, -0.2) is 9.59 Å². The summed E-state index contributed by atoms with van der Waals surface area (Å²) in [7, 11) is 0. The van der Waals surface area contributed by atoms with Crippen molar-refractivity contribution in [3.05, 3.63) is 11.6 Å². The molecule has 0 aromatic carbocycles. The third-order valence-corrected chi connectivity index (χ3v) is 3.88. The Morgan fingerprint density at radius 2 is 1.88 bits per heavy atom. The molecule has 2 heterocycles. The molecule has 0 aromatic heterocycles. The van der Waals surface area contributed by atoms with E-state index >= 15 is 0 Å². The maximum Gasteiger partial charge on any atom is 0.338 e. The topological polar surface area (TPSA) is 83.8 Å². The van der Waals surface area contributed by atoms with E-state index < -0.39 is 11.9 Å². The summed E-state index contributed by atoms with van der Waals surface area (Å²) in [6, 6.07) is -0.0342. The van der Waals surface area contributed by atoms with Gasteiger partial charge in [0.1, 0.15) is 24.7 Å². The molecule has 2 aliphatic rings. The van der Waals surface area contributed by atoms with Crippen molar-refractivity contribution < 1.29 is 29.0 Å². The van der Waals surface area contributed by atoms with Crippen molar-refractivity contribution in [2.75, 3.05) is 26.3 Å². The first kappa shape index (κ1) is 12.1. The van der Waals surface area contributed by atoms with Crippen molar-refractivity contribution in [2.24, 2.45) is 0 Å². The summed E-state index contributed by atoms with van der Waals surface area (Å²) in [5.41, 5.74) is 0.00639. The van der Waals surface area contributed by atoms with Crippen LogP contribution in [0.4, 0.5) is 0 Å². The van der Waals surface area contributed by atoms with E-state index in [1.807, 2.05) is 6.92 Å². The van der Waals surface area contributed by atoms with Crippen LogP contribution in [-0.4, -0.2) is 65.0 Å². The molecule has 6 nitrogen and oxygen atoms in total. The first-order chi connectivity index (χ1) is 7.99. The van der Waals surface area contributed by atoms with Crippen molar-refractivity contribution >= 4 is 11.9 Å². The van der Waals surface area contributed by atoms with Gasteiger partial charge in [0.15, 0.2) is 6.04 Å². The molecule has 0 amide bonds. The monoisotopic (exact) mass is 242 g/mol. The van der Waals surface area contributed by atoms with E-state index in [1.54, 1.807) is 0 Å². The maximum absolute atomic E-state index is 11.1. The summed E-state index contributed by atoms with van der Waals surface area (Å²) in [5.74, 6) is -2.33. The van der Waals surface area contributed by atoms with Crippen LogP contribution in [0.1, 0.15) is 6.92 Å². The Bertz CT molecular complexity index is 383. The minimum atomic E-state index is -1.20. The van der Waals surface area contributed by atoms with E-state index in [2.05, 4.69) is 0 Å². The predicted molar refractivity (Wildman–Crippen MR) is 57.4 cm³/mol. The minimum Gasteiger partial charge on any atom is -0.478 e. The Kier molecular flexibility index (Phi) is 2.92. The van der Waals surface area contributed by atoms with Crippen LogP contribution in [0, 0.1) is 0 Å². The van der Waals surface area contributed by atoms with Crippen LogP contribution in [0.3, 0.4) is 0 Å². The fourth-order valence-electron chi connectivity index (χ4n) is 2.93. The van der Waals surface area contributed by atoms with Gasteiger partial charge in [-0.05, 0) is 6.92 Å². The molecule has 17 heavy (non-hydrogen) atoms. The number of ether oxygens (including phenoxy) is 1. The van der Waals surface area contributed by atoms with E-state index in [1.165, 1.54) is 0 Å². The average Bonchev–Trinajstić information content (AvgIpc) is 2.80. The van der Waals surface area contributed by atoms with Gasteiger partial charge in [-0.2, -0.15) is 0 Å². The van der Waals surface area contributed by atoms with Gasteiger partial charge in [-0.3, -0.25) is 0 Å². The Hall–Kier alpha value is -1.40. The Morgan fingerprint density at radius 3 is 2.35 bits per heavy atom. The third kappa shape index (κ3) is 1.94. The van der Waals surface area contributed by atoms with Crippen LogP contribution >= 0.6 is 0 Å². The summed E-state index contributed by atoms with van der Waals surface area (Å²) < 4.78 is 5.92. The van der Waals surface area contributed by atoms with Crippen molar-refractivity contribution in [3.63, 3.8) is 0 Å². The predicted octanol–water partition coefficient (Wildman–Crippen LogP) is -0.300. The minimum absolute atomic E-state index is 0.00639. The summed E-state index contributed by atoms with van der Waals surface area (Å²) in [4.78, 5) is 21.8. The molecule has 2 N–H and O–H groups in total. The molecule has 2 atom stereocenters. The number of carboxylic acid groups (broad SMARTS) is 2. The van der Waals surface area contributed by atoms with Gasteiger partial charge in [0.2, 0.25) is 0 Å². The zero-order valence-corrected chi connectivity index (χ0v) is 9.63. The number of carboxylic acids is 2. The first-order valence-electron chi connectivity index (χ1n) is 5.61. The number of aliphatic carboxylic acids is 2. The number of nitrogens with zero attached hydrogens (tertiary/aromatic N) is 1. The van der Waals surface area contributed by atoms with Crippen molar-refractivity contribution in [1.82, 2.24) is 0 Å². The number of carbonyl (C=O) groups is 2. The van der Waals surface area contributed by atoms with Crippen LogP contribution in [0.2, 0.25) is 0 Å². The van der Waals surface area contributed by atoms with Crippen LogP contribution in [0.5, 0.6) is 0 Å². The zero-order chi connectivity index (χ0) is 12.6. The second kappa shape index (κ2) is 4.12. The number of morpholine rings is 1. The summed E-state index contributed by atoms with van der Waals surface area (Å²) in [6.07, 6.45) is 0.825. The second-order valence-corrected chi connectivity index (χ2v) is 4.59. The third-order valence-electron chi connectivity index (χ3n) is 3.88. The van der Waals surface area contributed by atoms with Gasteiger partial charge in [0.25, 0.3) is 0 Å². The van der Waals surface area contributed by atoms with E-state index in [-0.39, 0.29) is 17.7 Å². The second-order valence-electron chi connectivity index (χ2n) is 4.59. The van der Waals surface area contributed by atoms with E-state index in [9.17, 15) is 9.59 Å². The van der Waals surface area contributed by atoms with Gasteiger partial charge in [0.05, 0.1) is 13.2 Å². The zero-order valence-electron chi connectivity index (χ0n) is 9.63. The highest BCUT2D eigenvalue weighted by Gasteiger charge is 2.66. The lowest BCUT2D eigenvalue weighted by atomic mass is 10.1. The molecular formula is C11H16NO5+. The highest BCUT2D eigenvalue weighted by atomic mass is 16.5. The molecule has 2 rings (SSSR count). The van der Waals surface area contributed by atoms with E-state index in [4.69, 9.17) is 14.9 Å². The first-order valence-corrected chi connectivity index (χ1v) is 5.61. The molecule has 2 aliphatic heterocycles. The number of quaternary nitrogens is 1. The molecule has 2 saturated heterocycles. The molecule has 2 fully saturated rings. The van der Waals surface area contributed by atoms with Gasteiger partial charge in [-0.1, -0.05) is 0 Å². The normalized spacial score (nSPS) is 31.2. The van der Waals surface area contributed by atoms with Crippen molar-refractivity contribution in [1.29, 1.82) is 0 Å². The van der Waals surface area contributed by atoms with Gasteiger partial charge in [0, 0.05) is 6.08 Å². The van der Waals surface area contributed by atoms with E-state index in [0.717, 1.165) is 19.2 Å². The van der Waals surface area contributed by atoms with Crippen LogP contribution in [-0.2, 0) is 14.3 Å². The standard InChI is InChI=1S/C11H15NO5/c1-7-10(8(11(15)16)6-9(13)14)12(7)2-4-17-5-3-12/h6-7,10H,2-5H2,1H3,(H-,13,14,15,16)/p+1/b8-6+. The van der Waals surface area contributed by atoms with Crippen LogP contribution < -0.4 is 0 Å². The SMILES string of the molecule is CC1C(/C(=C\C(=O)O)C(=O)O)[N+]12CCOCC2. The molecule has 1 spiro atoms. The van der Waals surface area contributed by atoms with Gasteiger partial charge in [-0.15, -0.1) is 0 Å². The van der Waals surface area contributed by atoms with Crippen molar-refractivity contribution in [2.45, 2.75) is 19.0 Å².